The number of hydrogen-bond acceptors (Lipinski definition) is 5. The Morgan fingerprint density at radius 1 is 1.55 bits per heavy atom. The maximum absolute atomic E-state index is 11.8. The average molecular weight is 279 g/mol. The first-order valence-electron chi connectivity index (χ1n) is 6.71. The number of carbonyl (C=O) groups excluding carboxylic acids is 1. The fraction of sp³-hybridized carbons (Fsp3) is 0.500. The van der Waals surface area contributed by atoms with Gasteiger partial charge in [0.1, 0.15) is 0 Å². The van der Waals surface area contributed by atoms with Crippen LogP contribution >= 0.6 is 0 Å². The largest absolute Gasteiger partial charge is 0.394 e. The standard InChI is InChI=1S/C14H21N3O3/c1-10-9-20-12(8-18)7-17(10)6-11-4-2-3-5-13(11)14(19)16-15/h2-5,10,12,18H,6-9,15H2,1H3,(H,16,19). The topological polar surface area (TPSA) is 87.8 Å². The lowest BCUT2D eigenvalue weighted by molar-refractivity contribution is -0.0805. The molecule has 1 fully saturated rings. The third-order valence-corrected chi connectivity index (χ3v) is 3.60. The summed E-state index contributed by atoms with van der Waals surface area (Å²) in [6.07, 6.45) is -0.165. The van der Waals surface area contributed by atoms with Gasteiger partial charge < -0.3 is 9.84 Å². The third-order valence-electron chi connectivity index (χ3n) is 3.60. The van der Waals surface area contributed by atoms with Crippen LogP contribution in [0.1, 0.15) is 22.8 Å². The van der Waals surface area contributed by atoms with Gasteiger partial charge in [-0.15, -0.1) is 0 Å². The maximum atomic E-state index is 11.8. The van der Waals surface area contributed by atoms with Crippen molar-refractivity contribution in [2.45, 2.75) is 25.6 Å². The number of amides is 1. The molecule has 1 saturated heterocycles. The lowest BCUT2D eigenvalue weighted by Crippen LogP contribution is -2.49. The van der Waals surface area contributed by atoms with Gasteiger partial charge in [0.15, 0.2) is 0 Å². The number of nitrogen functional groups attached to an aromatic ring is 1. The fourth-order valence-corrected chi connectivity index (χ4v) is 2.38. The summed E-state index contributed by atoms with van der Waals surface area (Å²) in [4.78, 5) is 14.0. The van der Waals surface area contributed by atoms with Crippen molar-refractivity contribution in [3.8, 4) is 0 Å². The van der Waals surface area contributed by atoms with Gasteiger partial charge in [0.25, 0.3) is 5.91 Å². The van der Waals surface area contributed by atoms with Gasteiger partial charge in [-0.25, -0.2) is 5.84 Å². The minimum atomic E-state index is -0.291. The molecule has 0 saturated carbocycles. The van der Waals surface area contributed by atoms with Crippen LogP contribution in [0, 0.1) is 0 Å². The van der Waals surface area contributed by atoms with Crippen LogP contribution in [0.25, 0.3) is 0 Å². The molecule has 2 unspecified atom stereocenters. The summed E-state index contributed by atoms with van der Waals surface area (Å²) in [5.74, 6) is 4.92. The number of nitrogens with one attached hydrogen (secondary N) is 1. The van der Waals surface area contributed by atoms with Gasteiger partial charge in [-0.2, -0.15) is 0 Å². The van der Waals surface area contributed by atoms with Crippen LogP contribution in [0.4, 0.5) is 0 Å². The summed E-state index contributed by atoms with van der Waals surface area (Å²) in [5, 5.41) is 9.21. The summed E-state index contributed by atoms with van der Waals surface area (Å²) in [7, 11) is 0. The van der Waals surface area contributed by atoms with Crippen LogP contribution in [-0.2, 0) is 11.3 Å². The molecular formula is C14H21N3O3. The highest BCUT2D eigenvalue weighted by Crippen LogP contribution is 2.18. The number of hydrazine groups is 1. The van der Waals surface area contributed by atoms with Crippen LogP contribution in [0.15, 0.2) is 24.3 Å². The molecule has 2 rings (SSSR count). The maximum Gasteiger partial charge on any atom is 0.265 e. The van der Waals surface area contributed by atoms with Gasteiger partial charge in [-0.05, 0) is 18.6 Å². The van der Waals surface area contributed by atoms with Gasteiger partial charge in [0.05, 0.1) is 19.3 Å². The van der Waals surface area contributed by atoms with Crippen molar-refractivity contribution in [3.63, 3.8) is 0 Å². The van der Waals surface area contributed by atoms with Crippen molar-refractivity contribution in [2.24, 2.45) is 5.84 Å². The van der Waals surface area contributed by atoms with Crippen molar-refractivity contribution in [2.75, 3.05) is 19.8 Å². The van der Waals surface area contributed by atoms with Crippen LogP contribution in [0.3, 0.4) is 0 Å². The highest BCUT2D eigenvalue weighted by atomic mass is 16.5. The Hall–Kier alpha value is -1.47. The van der Waals surface area contributed by atoms with Gasteiger partial charge in [0.2, 0.25) is 0 Å². The van der Waals surface area contributed by atoms with E-state index in [1.165, 1.54) is 0 Å². The van der Waals surface area contributed by atoms with Crippen molar-refractivity contribution in [1.29, 1.82) is 0 Å². The highest BCUT2D eigenvalue weighted by Gasteiger charge is 2.26. The molecule has 1 aromatic carbocycles. The molecule has 4 N–H and O–H groups in total. The average Bonchev–Trinajstić information content (AvgIpc) is 2.49. The number of morpholine rings is 1. The normalized spacial score (nSPS) is 23.6. The van der Waals surface area contributed by atoms with E-state index in [4.69, 9.17) is 10.6 Å². The molecule has 20 heavy (non-hydrogen) atoms. The Morgan fingerprint density at radius 2 is 2.30 bits per heavy atom. The van der Waals surface area contributed by atoms with Crippen molar-refractivity contribution < 1.29 is 14.6 Å². The number of nitrogens with two attached hydrogens (primary N) is 1. The lowest BCUT2D eigenvalue weighted by atomic mass is 10.0. The number of hydrogen-bond donors (Lipinski definition) is 3. The number of rotatable bonds is 4. The first-order chi connectivity index (χ1) is 9.65. The van der Waals surface area contributed by atoms with Gasteiger partial charge >= 0.3 is 0 Å². The van der Waals surface area contributed by atoms with E-state index in [2.05, 4.69) is 17.2 Å². The molecule has 0 spiro atoms. The van der Waals surface area contributed by atoms with E-state index in [1.807, 2.05) is 18.2 Å². The predicted octanol–water partition coefficient (Wildman–Crippen LogP) is -0.128. The Morgan fingerprint density at radius 3 is 3.00 bits per heavy atom. The number of nitrogens with zero attached hydrogens (tertiary/aromatic N) is 1. The lowest BCUT2D eigenvalue weighted by Gasteiger charge is -2.37. The number of aliphatic hydroxyl groups excluding tert-OH is 1. The smallest absolute Gasteiger partial charge is 0.265 e. The summed E-state index contributed by atoms with van der Waals surface area (Å²) in [6.45, 7) is 3.94. The molecule has 1 aliphatic rings. The molecule has 1 aromatic rings. The van der Waals surface area contributed by atoms with E-state index in [0.717, 1.165) is 5.56 Å². The SMILES string of the molecule is CC1COC(CO)CN1Cc1ccccc1C(=O)NN. The van der Waals surface area contributed by atoms with Crippen molar-refractivity contribution >= 4 is 5.91 Å². The fourth-order valence-electron chi connectivity index (χ4n) is 2.38. The minimum Gasteiger partial charge on any atom is -0.394 e. The predicted molar refractivity (Wildman–Crippen MR) is 74.8 cm³/mol. The molecule has 1 aliphatic heterocycles. The summed E-state index contributed by atoms with van der Waals surface area (Å²) >= 11 is 0. The minimum absolute atomic E-state index is 0.00809. The molecule has 1 heterocycles. The summed E-state index contributed by atoms with van der Waals surface area (Å²) in [5.41, 5.74) is 3.66. The van der Waals surface area contributed by atoms with E-state index < -0.39 is 0 Å². The van der Waals surface area contributed by atoms with E-state index in [9.17, 15) is 9.90 Å². The molecule has 0 aliphatic carbocycles. The van der Waals surface area contributed by atoms with E-state index in [0.29, 0.717) is 25.3 Å². The summed E-state index contributed by atoms with van der Waals surface area (Å²) < 4.78 is 5.52. The van der Waals surface area contributed by atoms with Gasteiger partial charge in [0, 0.05) is 24.7 Å². The van der Waals surface area contributed by atoms with E-state index >= 15 is 0 Å². The Kier molecular flexibility index (Phi) is 5.08. The second-order valence-electron chi connectivity index (χ2n) is 5.05. The molecular weight excluding hydrogens is 258 g/mol. The second-order valence-corrected chi connectivity index (χ2v) is 5.05. The number of aliphatic hydroxyl groups is 1. The first kappa shape index (κ1) is 14.9. The molecule has 0 bridgehead atoms. The van der Waals surface area contributed by atoms with E-state index in [-0.39, 0.29) is 24.7 Å². The summed E-state index contributed by atoms with van der Waals surface area (Å²) in [6, 6.07) is 7.63. The van der Waals surface area contributed by atoms with E-state index in [1.54, 1.807) is 6.07 Å². The Labute approximate surface area is 118 Å². The van der Waals surface area contributed by atoms with Crippen LogP contribution in [-0.4, -0.2) is 47.8 Å². The first-order valence-corrected chi connectivity index (χ1v) is 6.71. The molecule has 0 radical (unpaired) electrons. The second kappa shape index (κ2) is 6.81. The Balaban J connectivity index is 2.14. The zero-order chi connectivity index (χ0) is 14.5. The zero-order valence-electron chi connectivity index (χ0n) is 11.6. The van der Waals surface area contributed by atoms with Crippen LogP contribution < -0.4 is 11.3 Å². The third kappa shape index (κ3) is 3.34. The van der Waals surface area contributed by atoms with Crippen LogP contribution in [0.5, 0.6) is 0 Å². The molecule has 1 amide bonds. The molecule has 2 atom stereocenters. The number of carbonyl (C=O) groups is 1. The van der Waals surface area contributed by atoms with Crippen molar-refractivity contribution in [1.82, 2.24) is 10.3 Å². The molecule has 6 nitrogen and oxygen atoms in total. The number of benzene rings is 1. The monoisotopic (exact) mass is 279 g/mol. The van der Waals surface area contributed by atoms with Gasteiger partial charge in [-0.1, -0.05) is 18.2 Å². The van der Waals surface area contributed by atoms with Gasteiger partial charge in [-0.3, -0.25) is 15.1 Å². The molecule has 0 aromatic heterocycles. The molecule has 110 valence electrons. The van der Waals surface area contributed by atoms with Crippen LogP contribution in [0.2, 0.25) is 0 Å². The number of ether oxygens (including phenoxy) is 1. The Bertz CT molecular complexity index is 467. The van der Waals surface area contributed by atoms with Crippen molar-refractivity contribution in [3.05, 3.63) is 35.4 Å². The zero-order valence-corrected chi connectivity index (χ0v) is 11.6. The molecule has 6 heteroatoms. The highest BCUT2D eigenvalue weighted by molar-refractivity contribution is 5.95. The quantitative estimate of drug-likeness (QED) is 0.406.